The second-order valence-electron chi connectivity index (χ2n) is 6.73. The molecule has 4 heterocycles. The summed E-state index contributed by atoms with van der Waals surface area (Å²) in [6, 6.07) is 5.42. The van der Waals surface area contributed by atoms with Crippen LogP contribution in [0.1, 0.15) is 34.8 Å². The maximum absolute atomic E-state index is 12.4. The molecule has 1 fully saturated rings. The molecule has 0 atom stereocenters. The van der Waals surface area contributed by atoms with E-state index in [4.69, 9.17) is 9.26 Å². The number of amides is 1. The topological polar surface area (TPSA) is 85.8 Å². The van der Waals surface area contributed by atoms with Crippen molar-refractivity contribution in [3.8, 4) is 5.88 Å². The van der Waals surface area contributed by atoms with Crippen LogP contribution in [-0.4, -0.2) is 50.3 Å². The first-order valence-electron chi connectivity index (χ1n) is 8.77. The predicted molar refractivity (Wildman–Crippen MR) is 93.1 cm³/mol. The second kappa shape index (κ2) is 6.78. The van der Waals surface area contributed by atoms with Gasteiger partial charge in [0, 0.05) is 25.2 Å². The summed E-state index contributed by atoms with van der Waals surface area (Å²) in [6.45, 7) is 5.71. The van der Waals surface area contributed by atoms with Crippen LogP contribution >= 0.6 is 0 Å². The molecular weight excluding hydrogens is 334 g/mol. The average Bonchev–Trinajstić information content (AvgIpc) is 3.24. The van der Waals surface area contributed by atoms with Gasteiger partial charge < -0.3 is 14.2 Å². The zero-order valence-corrected chi connectivity index (χ0v) is 14.9. The van der Waals surface area contributed by atoms with E-state index in [1.165, 1.54) is 0 Å². The van der Waals surface area contributed by atoms with E-state index in [0.717, 1.165) is 24.2 Å². The van der Waals surface area contributed by atoms with Crippen LogP contribution < -0.4 is 4.74 Å². The molecule has 4 rings (SSSR count). The van der Waals surface area contributed by atoms with Gasteiger partial charge in [0.05, 0.1) is 18.5 Å². The largest absolute Gasteiger partial charge is 0.476 e. The normalized spacial score (nSPS) is 15.5. The number of ether oxygens (including phenoxy) is 1. The molecule has 8 nitrogen and oxygen atoms in total. The molecule has 0 bridgehead atoms. The van der Waals surface area contributed by atoms with E-state index in [1.807, 2.05) is 30.2 Å². The number of carbonyl (C=O) groups excluding carboxylic acids is 1. The molecule has 0 spiro atoms. The van der Waals surface area contributed by atoms with Crippen LogP contribution in [0.25, 0.3) is 5.65 Å². The standard InChI is InChI=1S/C18H21N5O3/c1-12-10-23-16(19-12)3-4-17(20-23)25-11-14-5-7-22(8-6-14)18(24)15-9-13(2)26-21-15/h3-4,9-10,14H,5-8,11H2,1-2H3. The maximum Gasteiger partial charge on any atom is 0.276 e. The Morgan fingerprint density at radius 3 is 2.85 bits per heavy atom. The zero-order valence-electron chi connectivity index (χ0n) is 14.9. The Morgan fingerprint density at radius 2 is 2.12 bits per heavy atom. The number of nitrogens with zero attached hydrogens (tertiary/aromatic N) is 5. The number of rotatable bonds is 4. The third kappa shape index (κ3) is 3.40. The van der Waals surface area contributed by atoms with E-state index in [1.54, 1.807) is 17.5 Å². The van der Waals surface area contributed by atoms with Crippen LogP contribution in [0, 0.1) is 19.8 Å². The van der Waals surface area contributed by atoms with Gasteiger partial charge in [-0.1, -0.05) is 5.16 Å². The molecular formula is C18H21N5O3. The van der Waals surface area contributed by atoms with Crippen molar-refractivity contribution in [2.75, 3.05) is 19.7 Å². The van der Waals surface area contributed by atoms with E-state index in [-0.39, 0.29) is 5.91 Å². The highest BCUT2D eigenvalue weighted by Crippen LogP contribution is 2.20. The fraction of sp³-hybridized carbons (Fsp3) is 0.444. The summed E-state index contributed by atoms with van der Waals surface area (Å²) in [5.41, 5.74) is 2.11. The summed E-state index contributed by atoms with van der Waals surface area (Å²) < 4.78 is 12.6. The lowest BCUT2D eigenvalue weighted by Crippen LogP contribution is -2.39. The second-order valence-corrected chi connectivity index (χ2v) is 6.73. The van der Waals surface area contributed by atoms with Gasteiger partial charge in [0.2, 0.25) is 5.88 Å². The van der Waals surface area contributed by atoms with Crippen molar-refractivity contribution in [3.63, 3.8) is 0 Å². The Balaban J connectivity index is 1.30. The minimum Gasteiger partial charge on any atom is -0.476 e. The van der Waals surface area contributed by atoms with Crippen LogP contribution in [-0.2, 0) is 0 Å². The highest BCUT2D eigenvalue weighted by atomic mass is 16.5. The molecule has 0 unspecified atom stereocenters. The van der Waals surface area contributed by atoms with Crippen molar-refractivity contribution in [1.82, 2.24) is 24.7 Å². The Kier molecular flexibility index (Phi) is 4.32. The molecule has 26 heavy (non-hydrogen) atoms. The lowest BCUT2D eigenvalue weighted by atomic mass is 9.97. The average molecular weight is 355 g/mol. The van der Waals surface area contributed by atoms with Crippen molar-refractivity contribution >= 4 is 11.6 Å². The first-order valence-corrected chi connectivity index (χ1v) is 8.77. The Morgan fingerprint density at radius 1 is 1.31 bits per heavy atom. The number of piperidine rings is 1. The van der Waals surface area contributed by atoms with Crippen LogP contribution in [0.15, 0.2) is 28.9 Å². The minimum atomic E-state index is -0.0659. The van der Waals surface area contributed by atoms with E-state index in [2.05, 4.69) is 15.2 Å². The van der Waals surface area contributed by atoms with Crippen molar-refractivity contribution < 1.29 is 14.1 Å². The predicted octanol–water partition coefficient (Wildman–Crippen LogP) is 2.27. The van der Waals surface area contributed by atoms with Gasteiger partial charge in [0.1, 0.15) is 5.76 Å². The zero-order chi connectivity index (χ0) is 18.1. The van der Waals surface area contributed by atoms with E-state index in [0.29, 0.717) is 42.9 Å². The fourth-order valence-corrected chi connectivity index (χ4v) is 3.20. The molecule has 3 aromatic heterocycles. The molecule has 0 radical (unpaired) electrons. The van der Waals surface area contributed by atoms with Crippen LogP contribution in [0.3, 0.4) is 0 Å². The number of aromatic nitrogens is 4. The lowest BCUT2D eigenvalue weighted by Gasteiger charge is -2.31. The number of aryl methyl sites for hydroxylation is 2. The number of hydrogen-bond donors (Lipinski definition) is 0. The fourth-order valence-electron chi connectivity index (χ4n) is 3.20. The van der Waals surface area contributed by atoms with Crippen LogP contribution in [0.4, 0.5) is 0 Å². The molecule has 0 N–H and O–H groups in total. The first-order chi connectivity index (χ1) is 12.6. The molecule has 1 aliphatic heterocycles. The summed E-state index contributed by atoms with van der Waals surface area (Å²) in [5, 5.41) is 8.22. The van der Waals surface area contributed by atoms with Gasteiger partial charge in [-0.15, -0.1) is 5.10 Å². The van der Waals surface area contributed by atoms with Gasteiger partial charge in [-0.3, -0.25) is 4.79 Å². The molecule has 1 saturated heterocycles. The van der Waals surface area contributed by atoms with E-state index in [9.17, 15) is 4.79 Å². The third-order valence-electron chi connectivity index (χ3n) is 4.63. The molecule has 0 aliphatic carbocycles. The Labute approximate surface area is 150 Å². The Bertz CT molecular complexity index is 924. The Hall–Kier alpha value is -2.90. The van der Waals surface area contributed by atoms with Crippen molar-refractivity contribution in [3.05, 3.63) is 41.5 Å². The van der Waals surface area contributed by atoms with E-state index >= 15 is 0 Å². The highest BCUT2D eigenvalue weighted by molar-refractivity contribution is 5.92. The van der Waals surface area contributed by atoms with Crippen LogP contribution in [0.5, 0.6) is 5.88 Å². The summed E-state index contributed by atoms with van der Waals surface area (Å²) in [4.78, 5) is 18.6. The molecule has 0 aromatic carbocycles. The van der Waals surface area contributed by atoms with Gasteiger partial charge in [0.15, 0.2) is 11.3 Å². The number of carbonyl (C=O) groups is 1. The number of fused-ring (bicyclic) bond motifs is 1. The SMILES string of the molecule is Cc1cn2nc(OCC3CCN(C(=O)c4cc(C)on4)CC3)ccc2n1. The lowest BCUT2D eigenvalue weighted by molar-refractivity contribution is 0.0648. The summed E-state index contributed by atoms with van der Waals surface area (Å²) >= 11 is 0. The smallest absolute Gasteiger partial charge is 0.276 e. The monoisotopic (exact) mass is 355 g/mol. The number of imidazole rings is 1. The maximum atomic E-state index is 12.4. The molecule has 8 heteroatoms. The van der Waals surface area contributed by atoms with Gasteiger partial charge in [0.25, 0.3) is 5.91 Å². The number of likely N-dealkylation sites (tertiary alicyclic amines) is 1. The van der Waals surface area contributed by atoms with Gasteiger partial charge in [-0.25, -0.2) is 9.50 Å². The molecule has 1 aliphatic rings. The van der Waals surface area contributed by atoms with E-state index < -0.39 is 0 Å². The van der Waals surface area contributed by atoms with Gasteiger partial charge in [-0.05, 0) is 38.7 Å². The van der Waals surface area contributed by atoms with Crippen molar-refractivity contribution in [2.45, 2.75) is 26.7 Å². The van der Waals surface area contributed by atoms with Gasteiger partial charge >= 0.3 is 0 Å². The third-order valence-corrected chi connectivity index (χ3v) is 4.63. The first kappa shape index (κ1) is 16.6. The summed E-state index contributed by atoms with van der Waals surface area (Å²) in [5.74, 6) is 1.57. The summed E-state index contributed by atoms with van der Waals surface area (Å²) in [7, 11) is 0. The molecule has 3 aromatic rings. The molecule has 136 valence electrons. The number of hydrogen-bond acceptors (Lipinski definition) is 6. The molecule has 1 amide bonds. The van der Waals surface area contributed by atoms with Crippen molar-refractivity contribution in [2.24, 2.45) is 5.92 Å². The van der Waals surface area contributed by atoms with Crippen LogP contribution in [0.2, 0.25) is 0 Å². The minimum absolute atomic E-state index is 0.0659. The van der Waals surface area contributed by atoms with Gasteiger partial charge in [-0.2, -0.15) is 0 Å². The highest BCUT2D eigenvalue weighted by Gasteiger charge is 2.25. The quantitative estimate of drug-likeness (QED) is 0.714. The summed E-state index contributed by atoms with van der Waals surface area (Å²) in [6.07, 6.45) is 3.67. The van der Waals surface area contributed by atoms with Crippen molar-refractivity contribution in [1.29, 1.82) is 0 Å². The molecule has 0 saturated carbocycles.